The fourth-order valence-corrected chi connectivity index (χ4v) is 4.32. The first kappa shape index (κ1) is 24.5. The van der Waals surface area contributed by atoms with E-state index in [2.05, 4.69) is 5.32 Å². The summed E-state index contributed by atoms with van der Waals surface area (Å²) >= 11 is 0. The lowest BCUT2D eigenvalue weighted by molar-refractivity contribution is 0.0201. The molecule has 1 saturated heterocycles. The number of halogens is 1. The first-order valence-electron chi connectivity index (χ1n) is 11.8. The Bertz CT molecular complexity index is 1090. The number of urea groups is 1. The summed E-state index contributed by atoms with van der Waals surface area (Å²) in [4.78, 5) is 43.5. The third-order valence-electron chi connectivity index (χ3n) is 6.07. The average molecular weight is 483 g/mol. The van der Waals surface area contributed by atoms with E-state index in [1.165, 1.54) is 24.3 Å². The van der Waals surface area contributed by atoms with Crippen LogP contribution in [0.5, 0.6) is 0 Å². The monoisotopic (exact) mass is 482 g/mol. The van der Waals surface area contributed by atoms with Crippen LogP contribution in [0, 0.1) is 5.82 Å². The Hall–Kier alpha value is -3.62. The van der Waals surface area contributed by atoms with E-state index in [4.69, 9.17) is 4.74 Å². The minimum atomic E-state index is -0.546. The Morgan fingerprint density at radius 2 is 1.46 bits per heavy atom. The minimum absolute atomic E-state index is 0.0628. The van der Waals surface area contributed by atoms with E-state index in [-0.39, 0.29) is 24.1 Å². The maximum Gasteiger partial charge on any atom is 0.410 e. The van der Waals surface area contributed by atoms with Crippen molar-refractivity contribution < 1.29 is 23.5 Å². The van der Waals surface area contributed by atoms with E-state index in [0.29, 0.717) is 56.0 Å². The molecule has 2 heterocycles. The van der Waals surface area contributed by atoms with Gasteiger partial charge in [-0.05, 0) is 70.0 Å². The Labute approximate surface area is 204 Å². The number of likely N-dealkylation sites (tertiary alicyclic amines) is 1. The van der Waals surface area contributed by atoms with Gasteiger partial charge in [0.05, 0.1) is 11.4 Å². The molecule has 0 aromatic heterocycles. The van der Waals surface area contributed by atoms with Crippen molar-refractivity contribution in [2.75, 3.05) is 36.0 Å². The van der Waals surface area contributed by atoms with Gasteiger partial charge in [0.1, 0.15) is 11.4 Å². The molecular weight excluding hydrogens is 451 g/mol. The number of carbonyl (C=O) groups is 3. The van der Waals surface area contributed by atoms with Crippen molar-refractivity contribution in [3.05, 3.63) is 59.9 Å². The molecule has 1 fully saturated rings. The zero-order chi connectivity index (χ0) is 25.2. The number of hydrogen-bond acceptors (Lipinski definition) is 4. The molecule has 2 aliphatic rings. The van der Waals surface area contributed by atoms with E-state index in [1.54, 1.807) is 20.8 Å². The molecule has 0 spiro atoms. The molecule has 2 aliphatic heterocycles. The second-order valence-corrected chi connectivity index (χ2v) is 9.80. The molecule has 0 atom stereocenters. The second-order valence-electron chi connectivity index (χ2n) is 9.80. The van der Waals surface area contributed by atoms with Crippen molar-refractivity contribution in [3.8, 4) is 0 Å². The Morgan fingerprint density at radius 1 is 0.886 bits per heavy atom. The molecule has 8 nitrogen and oxygen atoms in total. The lowest BCUT2D eigenvalue weighted by Gasteiger charge is -2.38. The first-order chi connectivity index (χ1) is 16.6. The van der Waals surface area contributed by atoms with Crippen molar-refractivity contribution in [1.29, 1.82) is 0 Å². The first-order valence-corrected chi connectivity index (χ1v) is 11.8. The number of carbonyl (C=O) groups excluding carboxylic acids is 3. The SMILES string of the molecule is CC(C)(C)OC(=O)N1CCC(NC(=O)N2CCN(C(=O)c3ccc(F)cc3)c3ccccc32)CC1. The third-order valence-corrected chi connectivity index (χ3v) is 6.07. The van der Waals surface area contributed by atoms with E-state index < -0.39 is 11.4 Å². The molecule has 4 amide bonds. The summed E-state index contributed by atoms with van der Waals surface area (Å²) in [6, 6.07) is 12.4. The highest BCUT2D eigenvalue weighted by Gasteiger charge is 2.32. The summed E-state index contributed by atoms with van der Waals surface area (Å²) in [6.45, 7) is 7.17. The Kier molecular flexibility index (Phi) is 6.95. The van der Waals surface area contributed by atoms with E-state index >= 15 is 0 Å². The van der Waals surface area contributed by atoms with E-state index in [9.17, 15) is 18.8 Å². The molecule has 4 rings (SSSR count). The summed E-state index contributed by atoms with van der Waals surface area (Å²) in [5.74, 6) is -0.646. The number of fused-ring (bicyclic) bond motifs is 1. The highest BCUT2D eigenvalue weighted by Crippen LogP contribution is 2.34. The fraction of sp³-hybridized carbons (Fsp3) is 0.423. The normalized spacial score (nSPS) is 16.5. The molecule has 0 unspecified atom stereocenters. The topological polar surface area (TPSA) is 82.2 Å². The zero-order valence-electron chi connectivity index (χ0n) is 20.3. The van der Waals surface area contributed by atoms with Gasteiger partial charge >= 0.3 is 12.1 Å². The molecule has 1 N–H and O–H groups in total. The summed E-state index contributed by atoms with van der Waals surface area (Å²) in [5, 5.41) is 3.08. The van der Waals surface area contributed by atoms with Crippen LogP contribution in [0.1, 0.15) is 44.0 Å². The van der Waals surface area contributed by atoms with Crippen LogP contribution in [0.4, 0.5) is 25.4 Å². The van der Waals surface area contributed by atoms with Crippen molar-refractivity contribution in [2.24, 2.45) is 0 Å². The number of rotatable bonds is 2. The predicted octanol–water partition coefficient (Wildman–Crippen LogP) is 4.40. The predicted molar refractivity (Wildman–Crippen MR) is 131 cm³/mol. The number of nitrogens with zero attached hydrogens (tertiary/aromatic N) is 3. The smallest absolute Gasteiger partial charge is 0.410 e. The van der Waals surface area contributed by atoms with Crippen LogP contribution in [0.15, 0.2) is 48.5 Å². The van der Waals surface area contributed by atoms with Crippen LogP contribution < -0.4 is 15.1 Å². The van der Waals surface area contributed by atoms with Gasteiger partial charge in [-0.1, -0.05) is 12.1 Å². The second kappa shape index (κ2) is 9.93. The summed E-state index contributed by atoms with van der Waals surface area (Å²) < 4.78 is 18.7. The van der Waals surface area contributed by atoms with Gasteiger partial charge in [0.15, 0.2) is 0 Å². The quantitative estimate of drug-likeness (QED) is 0.688. The van der Waals surface area contributed by atoms with Gasteiger partial charge in [-0.15, -0.1) is 0 Å². The molecule has 9 heteroatoms. The van der Waals surface area contributed by atoms with Crippen LogP contribution >= 0.6 is 0 Å². The van der Waals surface area contributed by atoms with Gasteiger partial charge in [0, 0.05) is 37.8 Å². The summed E-state index contributed by atoms with van der Waals surface area (Å²) in [7, 11) is 0. The zero-order valence-corrected chi connectivity index (χ0v) is 20.3. The molecule has 186 valence electrons. The van der Waals surface area contributed by atoms with Gasteiger partial charge in [0.25, 0.3) is 5.91 Å². The maximum atomic E-state index is 13.3. The van der Waals surface area contributed by atoms with Gasteiger partial charge in [-0.3, -0.25) is 9.69 Å². The van der Waals surface area contributed by atoms with Crippen LogP contribution in [0.2, 0.25) is 0 Å². The molecule has 2 aromatic carbocycles. The van der Waals surface area contributed by atoms with Gasteiger partial charge in [-0.2, -0.15) is 0 Å². The van der Waals surface area contributed by atoms with Crippen molar-refractivity contribution in [1.82, 2.24) is 10.2 Å². The van der Waals surface area contributed by atoms with Crippen LogP contribution in [0.3, 0.4) is 0 Å². The van der Waals surface area contributed by atoms with Crippen molar-refractivity contribution in [3.63, 3.8) is 0 Å². The van der Waals surface area contributed by atoms with Crippen LogP contribution in [-0.2, 0) is 4.74 Å². The van der Waals surface area contributed by atoms with Gasteiger partial charge in [0.2, 0.25) is 0 Å². The minimum Gasteiger partial charge on any atom is -0.444 e. The highest BCUT2D eigenvalue weighted by molar-refractivity contribution is 6.10. The number of hydrogen-bond donors (Lipinski definition) is 1. The van der Waals surface area contributed by atoms with Crippen LogP contribution in [0.25, 0.3) is 0 Å². The Balaban J connectivity index is 1.40. The van der Waals surface area contributed by atoms with E-state index in [1.807, 2.05) is 39.0 Å². The van der Waals surface area contributed by atoms with Crippen LogP contribution in [-0.4, -0.2) is 60.8 Å². The molecule has 0 saturated carbocycles. The molecule has 35 heavy (non-hydrogen) atoms. The number of ether oxygens (including phenoxy) is 1. The molecular formula is C26H31FN4O4. The van der Waals surface area contributed by atoms with Crippen molar-refractivity contribution >= 4 is 29.4 Å². The summed E-state index contributed by atoms with van der Waals surface area (Å²) in [5.41, 5.74) is 1.10. The maximum absolute atomic E-state index is 13.3. The highest BCUT2D eigenvalue weighted by atomic mass is 19.1. The standard InChI is InChI=1S/C26H31FN4O4/c1-26(2,3)35-25(34)29-14-12-20(13-15-29)28-24(33)31-17-16-30(21-6-4-5-7-22(21)31)23(32)18-8-10-19(27)11-9-18/h4-11,20H,12-17H2,1-3H3,(H,28,33). The summed E-state index contributed by atoms with van der Waals surface area (Å²) in [6.07, 6.45) is 0.934. The lowest BCUT2D eigenvalue weighted by Crippen LogP contribution is -2.54. The van der Waals surface area contributed by atoms with E-state index in [0.717, 1.165) is 0 Å². The molecule has 0 bridgehead atoms. The average Bonchev–Trinajstić information content (AvgIpc) is 2.82. The molecule has 2 aromatic rings. The number of benzene rings is 2. The third kappa shape index (κ3) is 5.72. The van der Waals surface area contributed by atoms with Gasteiger partial charge in [-0.25, -0.2) is 14.0 Å². The number of piperidine rings is 1. The number of anilines is 2. The lowest BCUT2D eigenvalue weighted by atomic mass is 10.1. The molecule has 0 aliphatic carbocycles. The van der Waals surface area contributed by atoms with Crippen molar-refractivity contribution in [2.45, 2.75) is 45.3 Å². The number of amides is 4. The van der Waals surface area contributed by atoms with Gasteiger partial charge < -0.3 is 19.9 Å². The molecule has 0 radical (unpaired) electrons. The Morgan fingerprint density at radius 3 is 2.06 bits per heavy atom. The number of para-hydroxylation sites is 2. The number of nitrogens with one attached hydrogen (secondary N) is 1. The fourth-order valence-electron chi connectivity index (χ4n) is 4.32. The largest absolute Gasteiger partial charge is 0.444 e.